The number of guanidine groups is 1. The number of benzene rings is 3. The molecule has 4 rings (SSSR count). The van der Waals surface area contributed by atoms with Crippen molar-refractivity contribution in [3.05, 3.63) is 89.7 Å². The van der Waals surface area contributed by atoms with Crippen LogP contribution < -0.4 is 20.7 Å². The quantitative estimate of drug-likeness (QED) is 0.399. The normalized spacial score (nSPS) is 15.5. The van der Waals surface area contributed by atoms with Crippen LogP contribution in [0.1, 0.15) is 23.5 Å². The van der Waals surface area contributed by atoms with Crippen LogP contribution in [0.15, 0.2) is 77.8 Å². The van der Waals surface area contributed by atoms with Crippen molar-refractivity contribution >= 4 is 17.6 Å². The molecule has 0 bridgehead atoms. The summed E-state index contributed by atoms with van der Waals surface area (Å²) in [5.74, 6) is 1.75. The van der Waals surface area contributed by atoms with Crippen LogP contribution in [-0.2, 0) is 11.3 Å². The van der Waals surface area contributed by atoms with Gasteiger partial charge in [-0.1, -0.05) is 30.3 Å². The van der Waals surface area contributed by atoms with E-state index in [0.29, 0.717) is 37.0 Å². The van der Waals surface area contributed by atoms with Gasteiger partial charge in [0.15, 0.2) is 5.96 Å². The summed E-state index contributed by atoms with van der Waals surface area (Å²) in [6, 6.07) is 21.5. The standard InChI is InChI=1S/C25H25FN4O2/c1-27-25(29-16-18-14-24(31)30-23-5-3-2-4-22(18)23)28-15-17-6-10-20(11-7-17)32-21-12-8-19(26)9-13-21/h2-13,18H,14-16H2,1H3,(H,30,31)(H2,27,28,29). The number of nitrogens with one attached hydrogen (secondary N) is 3. The van der Waals surface area contributed by atoms with Crippen LogP contribution >= 0.6 is 0 Å². The average molecular weight is 432 g/mol. The Balaban J connectivity index is 1.29. The minimum Gasteiger partial charge on any atom is -0.457 e. The fourth-order valence-corrected chi connectivity index (χ4v) is 3.62. The van der Waals surface area contributed by atoms with E-state index in [1.807, 2.05) is 48.5 Å². The van der Waals surface area contributed by atoms with E-state index in [-0.39, 0.29) is 17.6 Å². The van der Waals surface area contributed by atoms with Crippen molar-refractivity contribution in [1.82, 2.24) is 10.6 Å². The van der Waals surface area contributed by atoms with Gasteiger partial charge in [0, 0.05) is 38.2 Å². The Morgan fingerprint density at radius 1 is 1.03 bits per heavy atom. The fraction of sp³-hybridized carbons (Fsp3) is 0.200. The van der Waals surface area contributed by atoms with Gasteiger partial charge in [-0.05, 0) is 53.6 Å². The first-order chi connectivity index (χ1) is 15.6. The minimum absolute atomic E-state index is 0.0291. The van der Waals surface area contributed by atoms with Crippen molar-refractivity contribution in [2.45, 2.75) is 18.9 Å². The first-order valence-corrected chi connectivity index (χ1v) is 10.5. The van der Waals surface area contributed by atoms with E-state index in [2.05, 4.69) is 20.9 Å². The highest BCUT2D eigenvalue weighted by molar-refractivity contribution is 5.94. The maximum Gasteiger partial charge on any atom is 0.225 e. The number of carbonyl (C=O) groups excluding carboxylic acids is 1. The highest BCUT2D eigenvalue weighted by Gasteiger charge is 2.24. The number of hydrogen-bond acceptors (Lipinski definition) is 3. The van der Waals surface area contributed by atoms with Crippen molar-refractivity contribution in [3.8, 4) is 11.5 Å². The van der Waals surface area contributed by atoms with Crippen LogP contribution in [0, 0.1) is 5.82 Å². The number of nitrogens with zero attached hydrogens (tertiary/aromatic N) is 1. The molecule has 1 atom stereocenters. The van der Waals surface area contributed by atoms with Crippen LogP contribution in [0.2, 0.25) is 0 Å². The summed E-state index contributed by atoms with van der Waals surface area (Å²) >= 11 is 0. The molecular formula is C25H25FN4O2. The monoisotopic (exact) mass is 432 g/mol. The Morgan fingerprint density at radius 3 is 2.44 bits per heavy atom. The second-order valence-electron chi connectivity index (χ2n) is 7.54. The van der Waals surface area contributed by atoms with Gasteiger partial charge in [-0.2, -0.15) is 0 Å². The number of anilines is 1. The largest absolute Gasteiger partial charge is 0.457 e. The molecule has 1 aliphatic heterocycles. The number of hydrogen-bond donors (Lipinski definition) is 3. The summed E-state index contributed by atoms with van der Waals surface area (Å²) in [5.41, 5.74) is 3.06. The summed E-state index contributed by atoms with van der Waals surface area (Å²) in [7, 11) is 1.72. The molecule has 164 valence electrons. The molecule has 1 heterocycles. The molecule has 0 aliphatic carbocycles. The maximum atomic E-state index is 13.0. The molecule has 6 nitrogen and oxygen atoms in total. The number of amides is 1. The lowest BCUT2D eigenvalue weighted by Crippen LogP contribution is -2.40. The first kappa shape index (κ1) is 21.4. The highest BCUT2D eigenvalue weighted by Crippen LogP contribution is 2.31. The van der Waals surface area contributed by atoms with Crippen LogP contribution in [-0.4, -0.2) is 25.5 Å². The molecule has 1 amide bonds. The van der Waals surface area contributed by atoms with E-state index < -0.39 is 0 Å². The fourth-order valence-electron chi connectivity index (χ4n) is 3.62. The molecule has 0 spiro atoms. The summed E-state index contributed by atoms with van der Waals surface area (Å²) in [6.07, 6.45) is 0.441. The summed E-state index contributed by atoms with van der Waals surface area (Å²) in [4.78, 5) is 16.3. The Bertz CT molecular complexity index is 1100. The van der Waals surface area contributed by atoms with Gasteiger partial charge < -0.3 is 20.7 Å². The highest BCUT2D eigenvalue weighted by atomic mass is 19.1. The van der Waals surface area contributed by atoms with Gasteiger partial charge in [0.2, 0.25) is 5.91 Å². The van der Waals surface area contributed by atoms with Crippen LogP contribution in [0.5, 0.6) is 11.5 Å². The molecule has 1 aliphatic rings. The van der Waals surface area contributed by atoms with Gasteiger partial charge in [0.05, 0.1) is 0 Å². The van der Waals surface area contributed by atoms with E-state index in [1.54, 1.807) is 19.2 Å². The van der Waals surface area contributed by atoms with Gasteiger partial charge in [-0.25, -0.2) is 4.39 Å². The second-order valence-corrected chi connectivity index (χ2v) is 7.54. The number of ether oxygens (including phenoxy) is 1. The third kappa shape index (κ3) is 5.43. The van der Waals surface area contributed by atoms with E-state index in [9.17, 15) is 9.18 Å². The van der Waals surface area contributed by atoms with Crippen LogP contribution in [0.3, 0.4) is 0 Å². The summed E-state index contributed by atoms with van der Waals surface area (Å²) < 4.78 is 18.7. The Kier molecular flexibility index (Phi) is 6.65. The average Bonchev–Trinajstić information content (AvgIpc) is 2.81. The number of carbonyl (C=O) groups is 1. The molecule has 3 N–H and O–H groups in total. The van der Waals surface area contributed by atoms with Crippen LogP contribution in [0.4, 0.5) is 10.1 Å². The SMILES string of the molecule is CN=C(NCc1ccc(Oc2ccc(F)cc2)cc1)NCC1CC(=O)Nc2ccccc21. The molecule has 0 aromatic heterocycles. The Labute approximate surface area is 186 Å². The Morgan fingerprint density at radius 2 is 1.72 bits per heavy atom. The van der Waals surface area contributed by atoms with Gasteiger partial charge in [0.25, 0.3) is 0 Å². The lowest BCUT2D eigenvalue weighted by Gasteiger charge is -2.26. The molecule has 0 saturated heterocycles. The molecule has 0 radical (unpaired) electrons. The zero-order valence-electron chi connectivity index (χ0n) is 17.8. The maximum absolute atomic E-state index is 13.0. The lowest BCUT2D eigenvalue weighted by atomic mass is 9.90. The molecule has 0 fully saturated rings. The van der Waals surface area contributed by atoms with Crippen molar-refractivity contribution in [2.75, 3.05) is 18.9 Å². The van der Waals surface area contributed by atoms with Gasteiger partial charge in [-0.3, -0.25) is 9.79 Å². The van der Waals surface area contributed by atoms with Gasteiger partial charge in [-0.15, -0.1) is 0 Å². The summed E-state index contributed by atoms with van der Waals surface area (Å²) in [6.45, 7) is 1.19. The number of para-hydroxylation sites is 1. The first-order valence-electron chi connectivity index (χ1n) is 10.5. The summed E-state index contributed by atoms with van der Waals surface area (Å²) in [5, 5.41) is 9.54. The van der Waals surface area contributed by atoms with Crippen LogP contribution in [0.25, 0.3) is 0 Å². The lowest BCUT2D eigenvalue weighted by molar-refractivity contribution is -0.116. The van der Waals surface area contributed by atoms with Crippen molar-refractivity contribution < 1.29 is 13.9 Å². The zero-order chi connectivity index (χ0) is 22.3. The smallest absolute Gasteiger partial charge is 0.225 e. The zero-order valence-corrected chi connectivity index (χ0v) is 17.8. The third-order valence-electron chi connectivity index (χ3n) is 5.28. The second kappa shape index (κ2) is 9.96. The van der Waals surface area contributed by atoms with Crippen molar-refractivity contribution in [2.24, 2.45) is 4.99 Å². The molecular weight excluding hydrogens is 407 g/mol. The molecule has 7 heteroatoms. The predicted molar refractivity (Wildman–Crippen MR) is 124 cm³/mol. The minimum atomic E-state index is -0.295. The third-order valence-corrected chi connectivity index (χ3v) is 5.28. The number of aliphatic imine (C=N–C) groups is 1. The van der Waals surface area contributed by atoms with E-state index in [1.165, 1.54) is 12.1 Å². The van der Waals surface area contributed by atoms with E-state index in [0.717, 1.165) is 16.8 Å². The molecule has 0 saturated carbocycles. The number of rotatable bonds is 6. The van der Waals surface area contributed by atoms with Crippen molar-refractivity contribution in [1.29, 1.82) is 0 Å². The topological polar surface area (TPSA) is 74.8 Å². The Hall–Kier alpha value is -3.87. The van der Waals surface area contributed by atoms with Crippen molar-refractivity contribution in [3.63, 3.8) is 0 Å². The molecule has 3 aromatic rings. The molecule has 32 heavy (non-hydrogen) atoms. The van der Waals surface area contributed by atoms with E-state index >= 15 is 0 Å². The number of halogens is 1. The predicted octanol–water partition coefficient (Wildman–Crippen LogP) is 4.41. The van der Waals surface area contributed by atoms with Gasteiger partial charge in [0.1, 0.15) is 17.3 Å². The molecule has 3 aromatic carbocycles. The van der Waals surface area contributed by atoms with Gasteiger partial charge >= 0.3 is 0 Å². The molecule has 1 unspecified atom stereocenters. The number of fused-ring (bicyclic) bond motifs is 1. The van der Waals surface area contributed by atoms with E-state index in [4.69, 9.17) is 4.74 Å².